The van der Waals surface area contributed by atoms with Gasteiger partial charge in [0.15, 0.2) is 11.5 Å². The number of carbonyl (C=O) groups excluding carboxylic acids is 1. The lowest BCUT2D eigenvalue weighted by Crippen LogP contribution is -2.37. The Morgan fingerprint density at radius 3 is 2.45 bits per heavy atom. The van der Waals surface area contributed by atoms with Gasteiger partial charge in [0.25, 0.3) is 0 Å². The lowest BCUT2D eigenvalue weighted by molar-refractivity contribution is -0.124. The van der Waals surface area contributed by atoms with Crippen LogP contribution in [0.4, 0.5) is 0 Å². The number of fused-ring (bicyclic) bond motifs is 1. The minimum atomic E-state index is -0.640. The highest BCUT2D eigenvalue weighted by molar-refractivity contribution is 5.81. The summed E-state index contributed by atoms with van der Waals surface area (Å²) in [6.07, 6.45) is 6.99. The molecule has 2 aromatic heterocycles. The minimum absolute atomic E-state index is 0.431. The lowest BCUT2D eigenvalue weighted by atomic mass is 10.0. The van der Waals surface area contributed by atoms with E-state index in [2.05, 4.69) is 9.97 Å². The van der Waals surface area contributed by atoms with Crippen molar-refractivity contribution >= 4 is 5.91 Å². The Hall–Kier alpha value is -3.45. The Kier molecular flexibility index (Phi) is 5.67. The number of nitrogens with two attached hydrogens (primary N) is 1. The molecule has 1 amide bonds. The zero-order chi connectivity index (χ0) is 20.1. The van der Waals surface area contributed by atoms with Crippen LogP contribution in [0.2, 0.25) is 0 Å². The summed E-state index contributed by atoms with van der Waals surface area (Å²) in [6, 6.07) is 12.6. The first-order valence-corrected chi connectivity index (χ1v) is 9.41. The quantitative estimate of drug-likeness (QED) is 0.667. The van der Waals surface area contributed by atoms with Crippen molar-refractivity contribution in [2.24, 2.45) is 5.73 Å². The maximum atomic E-state index is 12.6. The van der Waals surface area contributed by atoms with Crippen molar-refractivity contribution < 1.29 is 14.3 Å². The lowest BCUT2D eigenvalue weighted by Gasteiger charge is -2.31. The smallest absolute Gasteiger partial charge is 0.239 e. The number of hydrogen-bond acceptors (Lipinski definition) is 6. The van der Waals surface area contributed by atoms with Crippen LogP contribution in [-0.4, -0.2) is 34.0 Å². The van der Waals surface area contributed by atoms with E-state index < -0.39 is 11.9 Å². The summed E-state index contributed by atoms with van der Waals surface area (Å²) in [5, 5.41) is 0. The van der Waals surface area contributed by atoms with Gasteiger partial charge in [-0.15, -0.1) is 0 Å². The van der Waals surface area contributed by atoms with Gasteiger partial charge in [0.2, 0.25) is 5.91 Å². The molecule has 1 aliphatic heterocycles. The number of carbonyl (C=O) groups is 1. The topological polar surface area (TPSA) is 90.6 Å². The van der Waals surface area contributed by atoms with E-state index in [4.69, 9.17) is 15.2 Å². The van der Waals surface area contributed by atoms with Gasteiger partial charge in [0.1, 0.15) is 19.3 Å². The number of ether oxygens (including phenoxy) is 2. The molecule has 148 valence electrons. The molecule has 3 heterocycles. The Bertz CT molecular complexity index is 925. The molecule has 1 atom stereocenters. The Morgan fingerprint density at radius 1 is 0.966 bits per heavy atom. The van der Waals surface area contributed by atoms with Crippen LogP contribution in [-0.2, 0) is 17.9 Å². The summed E-state index contributed by atoms with van der Waals surface area (Å²) < 4.78 is 11.3. The zero-order valence-electron chi connectivity index (χ0n) is 15.9. The van der Waals surface area contributed by atoms with Crippen molar-refractivity contribution in [2.75, 3.05) is 13.2 Å². The number of primary amides is 1. The van der Waals surface area contributed by atoms with Gasteiger partial charge in [0, 0.05) is 37.9 Å². The number of rotatable bonds is 7. The molecular formula is C22H22N4O3. The standard InChI is InChI=1S/C22H22N4O3/c23-22(27)21(18-3-4-19-20(12-18)29-11-10-28-19)26(14-16-5-8-24-9-6-16)15-17-2-1-7-25-13-17/h1-9,12-13,21H,10-11,14-15H2,(H2,23,27). The van der Waals surface area contributed by atoms with Gasteiger partial charge in [-0.3, -0.25) is 19.7 Å². The maximum Gasteiger partial charge on any atom is 0.239 e. The highest BCUT2D eigenvalue weighted by Crippen LogP contribution is 2.35. The van der Waals surface area contributed by atoms with Crippen molar-refractivity contribution in [3.63, 3.8) is 0 Å². The van der Waals surface area contributed by atoms with Gasteiger partial charge < -0.3 is 15.2 Å². The second-order valence-corrected chi connectivity index (χ2v) is 6.83. The third-order valence-corrected chi connectivity index (χ3v) is 4.76. The molecule has 0 bridgehead atoms. The first-order chi connectivity index (χ1) is 14.2. The molecule has 3 aromatic rings. The summed E-state index contributed by atoms with van der Waals surface area (Å²) in [4.78, 5) is 22.9. The van der Waals surface area contributed by atoms with E-state index in [0.717, 1.165) is 16.7 Å². The summed E-state index contributed by atoms with van der Waals surface area (Å²) >= 11 is 0. The van der Waals surface area contributed by atoms with Gasteiger partial charge in [-0.25, -0.2) is 0 Å². The molecule has 0 radical (unpaired) electrons. The van der Waals surface area contributed by atoms with Crippen LogP contribution >= 0.6 is 0 Å². The molecule has 2 N–H and O–H groups in total. The first-order valence-electron chi connectivity index (χ1n) is 9.41. The molecule has 1 unspecified atom stereocenters. The summed E-state index contributed by atoms with van der Waals surface area (Å²) in [7, 11) is 0. The van der Waals surface area contributed by atoms with Crippen molar-refractivity contribution in [3.8, 4) is 11.5 Å². The number of hydrogen-bond donors (Lipinski definition) is 1. The van der Waals surface area contributed by atoms with Crippen LogP contribution in [0.3, 0.4) is 0 Å². The van der Waals surface area contributed by atoms with E-state index in [-0.39, 0.29) is 0 Å². The third-order valence-electron chi connectivity index (χ3n) is 4.76. The Labute approximate surface area is 169 Å². The molecule has 1 aromatic carbocycles. The predicted molar refractivity (Wildman–Crippen MR) is 107 cm³/mol. The second kappa shape index (κ2) is 8.70. The van der Waals surface area contributed by atoms with E-state index in [1.54, 1.807) is 24.8 Å². The van der Waals surface area contributed by atoms with Crippen LogP contribution < -0.4 is 15.2 Å². The molecule has 0 saturated carbocycles. The van der Waals surface area contributed by atoms with Gasteiger partial charge in [-0.1, -0.05) is 12.1 Å². The number of benzene rings is 1. The molecule has 7 heteroatoms. The van der Waals surface area contributed by atoms with Gasteiger partial charge in [-0.05, 0) is 47.0 Å². The normalized spacial score (nSPS) is 13.8. The fourth-order valence-corrected chi connectivity index (χ4v) is 3.47. The number of aromatic nitrogens is 2. The van der Waals surface area contributed by atoms with E-state index in [0.29, 0.717) is 37.8 Å². The first kappa shape index (κ1) is 18.9. The Morgan fingerprint density at radius 2 is 1.72 bits per heavy atom. The molecule has 1 aliphatic rings. The molecule has 0 spiro atoms. The molecule has 0 fully saturated rings. The van der Waals surface area contributed by atoms with Crippen LogP contribution in [0.5, 0.6) is 11.5 Å². The molecule has 7 nitrogen and oxygen atoms in total. The van der Waals surface area contributed by atoms with Crippen molar-refractivity contribution in [1.29, 1.82) is 0 Å². The monoisotopic (exact) mass is 390 g/mol. The molecule has 29 heavy (non-hydrogen) atoms. The van der Waals surface area contributed by atoms with E-state index in [1.165, 1.54) is 0 Å². The van der Waals surface area contributed by atoms with E-state index in [9.17, 15) is 4.79 Å². The van der Waals surface area contributed by atoms with Gasteiger partial charge >= 0.3 is 0 Å². The second-order valence-electron chi connectivity index (χ2n) is 6.83. The zero-order valence-corrected chi connectivity index (χ0v) is 15.9. The number of amides is 1. The minimum Gasteiger partial charge on any atom is -0.486 e. The largest absolute Gasteiger partial charge is 0.486 e. The molecule has 0 saturated heterocycles. The van der Waals surface area contributed by atoms with Crippen LogP contribution in [0.25, 0.3) is 0 Å². The molecule has 4 rings (SSSR count). The van der Waals surface area contributed by atoms with Crippen molar-refractivity contribution in [3.05, 3.63) is 83.9 Å². The van der Waals surface area contributed by atoms with Crippen LogP contribution in [0, 0.1) is 0 Å². The number of pyridine rings is 2. The van der Waals surface area contributed by atoms with Crippen LogP contribution in [0.15, 0.2) is 67.3 Å². The number of nitrogens with zero attached hydrogens (tertiary/aromatic N) is 3. The highest BCUT2D eigenvalue weighted by Gasteiger charge is 2.28. The SMILES string of the molecule is NC(=O)C(c1ccc2c(c1)OCCO2)N(Cc1ccncc1)Cc1cccnc1. The van der Waals surface area contributed by atoms with E-state index >= 15 is 0 Å². The van der Waals surface area contributed by atoms with Crippen molar-refractivity contribution in [1.82, 2.24) is 14.9 Å². The van der Waals surface area contributed by atoms with E-state index in [1.807, 2.05) is 47.4 Å². The van der Waals surface area contributed by atoms with Crippen molar-refractivity contribution in [2.45, 2.75) is 19.1 Å². The van der Waals surface area contributed by atoms with Gasteiger partial charge in [-0.2, -0.15) is 0 Å². The summed E-state index contributed by atoms with van der Waals surface area (Å²) in [6.45, 7) is 2.03. The predicted octanol–water partition coefficient (Wildman–Crippen LogP) is 2.48. The maximum absolute atomic E-state index is 12.6. The molecular weight excluding hydrogens is 368 g/mol. The summed E-state index contributed by atoms with van der Waals surface area (Å²) in [5.74, 6) is 0.876. The average molecular weight is 390 g/mol. The fourth-order valence-electron chi connectivity index (χ4n) is 3.47. The summed E-state index contributed by atoms with van der Waals surface area (Å²) in [5.41, 5.74) is 8.66. The fraction of sp³-hybridized carbons (Fsp3) is 0.227. The van der Waals surface area contributed by atoms with Crippen LogP contribution in [0.1, 0.15) is 22.7 Å². The highest BCUT2D eigenvalue weighted by atomic mass is 16.6. The third kappa shape index (κ3) is 4.52. The van der Waals surface area contributed by atoms with Gasteiger partial charge in [0.05, 0.1) is 0 Å². The molecule has 0 aliphatic carbocycles. The average Bonchev–Trinajstić information content (AvgIpc) is 2.75. The Balaban J connectivity index is 1.69.